The minimum Gasteiger partial charge on any atom is -0.497 e. The molecule has 5 nitrogen and oxygen atoms in total. The first-order chi connectivity index (χ1) is 16.0. The van der Waals surface area contributed by atoms with E-state index in [1.807, 2.05) is 78.6 Å². The normalized spacial score (nSPS) is 13.8. The van der Waals surface area contributed by atoms with E-state index < -0.39 is 0 Å². The van der Waals surface area contributed by atoms with Gasteiger partial charge in [0.15, 0.2) is 0 Å². The van der Waals surface area contributed by atoms with E-state index in [1.165, 1.54) is 4.90 Å². The van der Waals surface area contributed by atoms with E-state index in [1.54, 1.807) is 19.2 Å². The molecule has 168 valence electrons. The molecular weight excluding hydrogens is 412 g/mol. The number of ether oxygens (including phenoxy) is 1. The molecule has 0 bridgehead atoms. The van der Waals surface area contributed by atoms with Gasteiger partial charge in [-0.15, -0.1) is 0 Å². The summed E-state index contributed by atoms with van der Waals surface area (Å²) in [6, 6.07) is 24.6. The van der Waals surface area contributed by atoms with E-state index in [0.29, 0.717) is 40.7 Å². The molecule has 0 fully saturated rings. The fraction of sp³-hybridized carbons (Fsp3) is 0.214. The standard InChI is InChI=1S/C28H28N2O3/c1-5-29(22-9-7-6-8-10-22)26-25(21-13-17-24(33-4)18-14-21)27(31)30(28(26)32)23-15-11-20(12-16-23)19(2)3/h6-19H,5H2,1-4H3. The quantitative estimate of drug-likeness (QED) is 0.447. The number of carbonyl (C=O) groups is 2. The number of imide groups is 1. The van der Waals surface area contributed by atoms with Crippen molar-refractivity contribution in [1.82, 2.24) is 0 Å². The van der Waals surface area contributed by atoms with Gasteiger partial charge in [-0.05, 0) is 60.4 Å². The van der Waals surface area contributed by atoms with Gasteiger partial charge < -0.3 is 9.64 Å². The Balaban J connectivity index is 1.85. The molecule has 1 aliphatic rings. The van der Waals surface area contributed by atoms with Crippen molar-refractivity contribution in [2.45, 2.75) is 26.7 Å². The summed E-state index contributed by atoms with van der Waals surface area (Å²) in [4.78, 5) is 30.7. The van der Waals surface area contributed by atoms with E-state index in [4.69, 9.17) is 4.74 Å². The van der Waals surface area contributed by atoms with Gasteiger partial charge in [0.05, 0.1) is 18.4 Å². The van der Waals surface area contributed by atoms with Crippen LogP contribution in [-0.2, 0) is 9.59 Å². The van der Waals surface area contributed by atoms with E-state index in [9.17, 15) is 9.59 Å². The Kier molecular flexibility index (Phi) is 6.31. The smallest absolute Gasteiger partial charge is 0.282 e. The lowest BCUT2D eigenvalue weighted by Gasteiger charge is -2.25. The van der Waals surface area contributed by atoms with Crippen molar-refractivity contribution in [1.29, 1.82) is 0 Å². The second kappa shape index (κ2) is 9.33. The van der Waals surface area contributed by atoms with Crippen molar-refractivity contribution in [3.05, 3.63) is 95.7 Å². The van der Waals surface area contributed by atoms with Gasteiger partial charge in [-0.1, -0.05) is 56.3 Å². The lowest BCUT2D eigenvalue weighted by Crippen LogP contribution is -2.35. The average Bonchev–Trinajstić information content (AvgIpc) is 3.10. The molecule has 4 rings (SSSR count). The van der Waals surface area contributed by atoms with Gasteiger partial charge >= 0.3 is 0 Å². The predicted octanol–water partition coefficient (Wildman–Crippen LogP) is 5.63. The highest BCUT2D eigenvalue weighted by Crippen LogP contribution is 2.37. The lowest BCUT2D eigenvalue weighted by atomic mass is 10.0. The maximum absolute atomic E-state index is 13.8. The third-order valence-corrected chi connectivity index (χ3v) is 5.91. The summed E-state index contributed by atoms with van der Waals surface area (Å²) in [5.74, 6) is 0.399. The van der Waals surface area contributed by atoms with Crippen LogP contribution in [0.1, 0.15) is 37.8 Å². The van der Waals surface area contributed by atoms with Crippen molar-refractivity contribution in [2.24, 2.45) is 0 Å². The Labute approximate surface area is 194 Å². The van der Waals surface area contributed by atoms with E-state index in [-0.39, 0.29) is 11.8 Å². The van der Waals surface area contributed by atoms with Gasteiger partial charge in [0.2, 0.25) is 0 Å². The Hall–Kier alpha value is -3.86. The summed E-state index contributed by atoms with van der Waals surface area (Å²) >= 11 is 0. The van der Waals surface area contributed by atoms with Gasteiger partial charge in [0, 0.05) is 12.2 Å². The summed E-state index contributed by atoms with van der Waals surface area (Å²) in [5.41, 5.74) is 4.03. The van der Waals surface area contributed by atoms with Gasteiger partial charge in [-0.3, -0.25) is 9.59 Å². The molecule has 1 heterocycles. The summed E-state index contributed by atoms with van der Waals surface area (Å²) in [7, 11) is 1.60. The molecule has 5 heteroatoms. The fourth-order valence-electron chi connectivity index (χ4n) is 4.11. The molecule has 0 aromatic heterocycles. The average molecular weight is 441 g/mol. The first kappa shape index (κ1) is 22.3. The number of anilines is 2. The molecule has 0 radical (unpaired) electrons. The van der Waals surface area contributed by atoms with Crippen molar-refractivity contribution >= 4 is 28.8 Å². The Bertz CT molecular complexity index is 1180. The summed E-state index contributed by atoms with van der Waals surface area (Å²) in [6.45, 7) is 6.74. The van der Waals surface area contributed by atoms with Gasteiger partial charge in [-0.2, -0.15) is 0 Å². The highest BCUT2D eigenvalue weighted by molar-refractivity contribution is 6.46. The highest BCUT2D eigenvalue weighted by Gasteiger charge is 2.42. The molecule has 0 spiro atoms. The molecule has 0 saturated heterocycles. The zero-order valence-electron chi connectivity index (χ0n) is 19.4. The summed E-state index contributed by atoms with van der Waals surface area (Å²) in [5, 5.41) is 0. The minimum atomic E-state index is -0.327. The number of likely N-dealkylation sites (N-methyl/N-ethyl adjacent to an activating group) is 1. The molecule has 2 amide bonds. The lowest BCUT2D eigenvalue weighted by molar-refractivity contribution is -0.120. The van der Waals surface area contributed by atoms with E-state index >= 15 is 0 Å². The monoisotopic (exact) mass is 440 g/mol. The van der Waals surface area contributed by atoms with Crippen LogP contribution in [0.5, 0.6) is 5.75 Å². The van der Waals surface area contributed by atoms with Gasteiger partial charge in [0.25, 0.3) is 11.8 Å². The number of nitrogens with zero attached hydrogens (tertiary/aromatic N) is 2. The van der Waals surface area contributed by atoms with E-state index in [2.05, 4.69) is 13.8 Å². The van der Waals surface area contributed by atoms with Crippen LogP contribution in [0.3, 0.4) is 0 Å². The van der Waals surface area contributed by atoms with Crippen LogP contribution in [0.2, 0.25) is 0 Å². The second-order valence-electron chi connectivity index (χ2n) is 8.22. The first-order valence-electron chi connectivity index (χ1n) is 11.2. The number of para-hydroxylation sites is 1. The molecule has 0 atom stereocenters. The Morgan fingerprint density at radius 1 is 0.848 bits per heavy atom. The Morgan fingerprint density at radius 2 is 1.48 bits per heavy atom. The van der Waals surface area contributed by atoms with Crippen LogP contribution in [0.15, 0.2) is 84.6 Å². The summed E-state index contributed by atoms with van der Waals surface area (Å²) in [6.07, 6.45) is 0. The number of hydrogen-bond donors (Lipinski definition) is 0. The molecule has 33 heavy (non-hydrogen) atoms. The number of carbonyl (C=O) groups excluding carboxylic acids is 2. The van der Waals surface area contributed by atoms with Crippen LogP contribution < -0.4 is 14.5 Å². The van der Waals surface area contributed by atoms with Crippen LogP contribution >= 0.6 is 0 Å². The molecule has 3 aromatic carbocycles. The number of amides is 2. The molecule has 3 aromatic rings. The van der Waals surface area contributed by atoms with Crippen LogP contribution in [0.25, 0.3) is 5.57 Å². The van der Waals surface area contributed by atoms with Crippen molar-refractivity contribution in [2.75, 3.05) is 23.5 Å². The SMILES string of the molecule is CCN(C1=C(c2ccc(OC)cc2)C(=O)N(c2ccc(C(C)C)cc2)C1=O)c1ccccc1. The molecule has 0 unspecified atom stereocenters. The molecule has 0 aliphatic carbocycles. The maximum Gasteiger partial charge on any atom is 0.282 e. The predicted molar refractivity (Wildman–Crippen MR) is 132 cm³/mol. The van der Waals surface area contributed by atoms with E-state index in [0.717, 1.165) is 11.3 Å². The maximum atomic E-state index is 13.8. The Morgan fingerprint density at radius 3 is 2.03 bits per heavy atom. The van der Waals surface area contributed by atoms with Gasteiger partial charge in [-0.25, -0.2) is 4.90 Å². The number of rotatable bonds is 7. The first-order valence-corrected chi connectivity index (χ1v) is 11.2. The van der Waals surface area contributed by atoms with Crippen LogP contribution in [-0.4, -0.2) is 25.5 Å². The second-order valence-corrected chi connectivity index (χ2v) is 8.22. The topological polar surface area (TPSA) is 49.9 Å². The van der Waals surface area contributed by atoms with Crippen molar-refractivity contribution in [3.8, 4) is 5.75 Å². The van der Waals surface area contributed by atoms with Crippen molar-refractivity contribution in [3.63, 3.8) is 0 Å². The highest BCUT2D eigenvalue weighted by atomic mass is 16.5. The summed E-state index contributed by atoms with van der Waals surface area (Å²) < 4.78 is 5.28. The third-order valence-electron chi connectivity index (χ3n) is 5.91. The van der Waals surface area contributed by atoms with Crippen molar-refractivity contribution < 1.29 is 14.3 Å². The largest absolute Gasteiger partial charge is 0.497 e. The molecule has 0 N–H and O–H groups in total. The number of methoxy groups -OCH3 is 1. The van der Waals surface area contributed by atoms with Crippen LogP contribution in [0.4, 0.5) is 11.4 Å². The fourth-order valence-corrected chi connectivity index (χ4v) is 4.11. The minimum absolute atomic E-state index is 0.325. The van der Waals surface area contributed by atoms with Gasteiger partial charge in [0.1, 0.15) is 11.4 Å². The molecule has 1 aliphatic heterocycles. The number of benzene rings is 3. The zero-order chi connectivity index (χ0) is 23.5. The molecule has 0 saturated carbocycles. The zero-order valence-corrected chi connectivity index (χ0v) is 19.4. The van der Waals surface area contributed by atoms with Crippen LogP contribution in [0, 0.1) is 0 Å². The number of hydrogen-bond acceptors (Lipinski definition) is 4. The third kappa shape index (κ3) is 4.14. The molecular formula is C28H28N2O3.